The monoisotopic (exact) mass is 378 g/mol. The minimum Gasteiger partial charge on any atom is -0.484 e. The first-order valence-electron chi connectivity index (χ1n) is 8.30. The average Bonchev–Trinajstić information content (AvgIpc) is 3.34. The van der Waals surface area contributed by atoms with E-state index in [1.165, 1.54) is 0 Å². The molecule has 1 heterocycles. The van der Waals surface area contributed by atoms with Crippen molar-refractivity contribution in [3.8, 4) is 5.75 Å². The smallest absolute Gasteiger partial charge is 0.315 e. The number of amides is 2. The second-order valence-corrected chi connectivity index (χ2v) is 6.47. The van der Waals surface area contributed by atoms with Crippen molar-refractivity contribution in [3.63, 3.8) is 0 Å². The molecular weight excluding hydrogens is 360 g/mol. The van der Waals surface area contributed by atoms with Crippen LogP contribution in [-0.2, 0) is 4.79 Å². The molecule has 0 aliphatic heterocycles. The molecule has 2 N–H and O–H groups in total. The number of nitrogens with one attached hydrogen (secondary N) is 2. The molecule has 1 aromatic carbocycles. The number of carbonyl (C=O) groups is 2. The maximum Gasteiger partial charge on any atom is 0.315 e. The van der Waals surface area contributed by atoms with Crippen molar-refractivity contribution in [1.29, 1.82) is 0 Å². The molecule has 1 aromatic heterocycles. The number of aromatic nitrogens is 2. The quantitative estimate of drug-likeness (QED) is 0.679. The maximum absolute atomic E-state index is 11.9. The highest BCUT2D eigenvalue weighted by molar-refractivity contribution is 6.30. The van der Waals surface area contributed by atoms with Gasteiger partial charge in [-0.3, -0.25) is 9.59 Å². The van der Waals surface area contributed by atoms with E-state index < -0.39 is 5.91 Å². The van der Waals surface area contributed by atoms with Gasteiger partial charge in [-0.25, -0.2) is 0 Å². The molecule has 8 nitrogen and oxygen atoms in total. The second kappa shape index (κ2) is 8.18. The summed E-state index contributed by atoms with van der Waals surface area (Å²) in [5.74, 6) is 0.705. The molecule has 3 rings (SSSR count). The van der Waals surface area contributed by atoms with Crippen LogP contribution in [0.4, 0.5) is 0 Å². The van der Waals surface area contributed by atoms with Crippen molar-refractivity contribution in [2.75, 3.05) is 19.7 Å². The summed E-state index contributed by atoms with van der Waals surface area (Å²) < 4.78 is 10.4. The van der Waals surface area contributed by atoms with E-state index in [1.54, 1.807) is 18.2 Å². The Bertz CT molecular complexity index is 804. The lowest BCUT2D eigenvalue weighted by Crippen LogP contribution is -2.36. The molecule has 0 saturated heterocycles. The molecule has 9 heteroatoms. The Labute approximate surface area is 155 Å². The van der Waals surface area contributed by atoms with Crippen LogP contribution in [-0.4, -0.2) is 41.7 Å². The molecule has 138 valence electrons. The van der Waals surface area contributed by atoms with Gasteiger partial charge in [-0.2, -0.15) is 4.98 Å². The third-order valence-corrected chi connectivity index (χ3v) is 4.04. The van der Waals surface area contributed by atoms with E-state index in [9.17, 15) is 9.59 Å². The van der Waals surface area contributed by atoms with Gasteiger partial charge in [-0.05, 0) is 43.5 Å². The number of nitrogens with zero attached hydrogens (tertiary/aromatic N) is 2. The second-order valence-electron chi connectivity index (χ2n) is 6.04. The van der Waals surface area contributed by atoms with E-state index in [4.69, 9.17) is 20.9 Å². The van der Waals surface area contributed by atoms with Gasteiger partial charge >= 0.3 is 11.8 Å². The summed E-state index contributed by atoms with van der Waals surface area (Å²) in [4.78, 5) is 27.7. The number of benzene rings is 1. The SMILES string of the molecule is Cc1cc(Cl)ccc1OCC(=O)NCCNC(=O)c1nc(C2CC2)no1. The molecule has 0 radical (unpaired) electrons. The van der Waals surface area contributed by atoms with Crippen LogP contribution in [0.1, 0.15) is 40.8 Å². The highest BCUT2D eigenvalue weighted by Crippen LogP contribution is 2.38. The number of ether oxygens (including phenoxy) is 1. The Hall–Kier alpha value is -2.61. The van der Waals surface area contributed by atoms with Crippen molar-refractivity contribution in [3.05, 3.63) is 40.5 Å². The number of carbonyl (C=O) groups excluding carboxylic acids is 2. The fourth-order valence-electron chi connectivity index (χ4n) is 2.26. The van der Waals surface area contributed by atoms with Gasteiger partial charge < -0.3 is 19.9 Å². The van der Waals surface area contributed by atoms with Crippen molar-refractivity contribution in [2.45, 2.75) is 25.7 Å². The van der Waals surface area contributed by atoms with Crippen molar-refractivity contribution >= 4 is 23.4 Å². The average molecular weight is 379 g/mol. The highest BCUT2D eigenvalue weighted by Gasteiger charge is 2.29. The molecule has 0 unspecified atom stereocenters. The van der Waals surface area contributed by atoms with Crippen LogP contribution in [0.25, 0.3) is 0 Å². The molecule has 0 atom stereocenters. The van der Waals surface area contributed by atoms with E-state index in [0.717, 1.165) is 18.4 Å². The minimum atomic E-state index is -0.452. The Morgan fingerprint density at radius 1 is 1.31 bits per heavy atom. The van der Waals surface area contributed by atoms with E-state index >= 15 is 0 Å². The number of rotatable bonds is 8. The molecule has 2 aromatic rings. The van der Waals surface area contributed by atoms with Gasteiger partial charge in [0.2, 0.25) is 0 Å². The van der Waals surface area contributed by atoms with Gasteiger partial charge in [-0.15, -0.1) is 0 Å². The fraction of sp³-hybridized carbons (Fsp3) is 0.412. The van der Waals surface area contributed by atoms with Crippen molar-refractivity contribution in [2.24, 2.45) is 0 Å². The predicted molar refractivity (Wildman–Crippen MR) is 93.3 cm³/mol. The fourth-order valence-corrected chi connectivity index (χ4v) is 2.48. The van der Waals surface area contributed by atoms with E-state index in [0.29, 0.717) is 22.5 Å². The van der Waals surface area contributed by atoms with Gasteiger partial charge in [0.25, 0.3) is 5.91 Å². The van der Waals surface area contributed by atoms with Crippen LogP contribution in [0, 0.1) is 6.92 Å². The first-order valence-corrected chi connectivity index (χ1v) is 8.68. The third kappa shape index (κ3) is 4.95. The van der Waals surface area contributed by atoms with Gasteiger partial charge in [0.15, 0.2) is 12.4 Å². The maximum atomic E-state index is 11.9. The minimum absolute atomic E-state index is 0.0558. The number of hydrogen-bond acceptors (Lipinski definition) is 6. The topological polar surface area (TPSA) is 106 Å². The summed E-state index contributed by atoms with van der Waals surface area (Å²) in [5.41, 5.74) is 0.850. The van der Waals surface area contributed by atoms with Crippen molar-refractivity contribution < 1.29 is 18.8 Å². The summed E-state index contributed by atoms with van der Waals surface area (Å²) in [6.45, 7) is 2.23. The number of aryl methyl sites for hydroxylation is 1. The van der Waals surface area contributed by atoms with E-state index in [1.807, 2.05) is 6.92 Å². The van der Waals surface area contributed by atoms with Gasteiger partial charge in [0.1, 0.15) is 5.75 Å². The summed E-state index contributed by atoms with van der Waals surface area (Å²) in [5, 5.41) is 9.65. The van der Waals surface area contributed by atoms with Gasteiger partial charge in [0, 0.05) is 24.0 Å². The largest absolute Gasteiger partial charge is 0.484 e. The summed E-state index contributed by atoms with van der Waals surface area (Å²) in [7, 11) is 0. The normalized spacial score (nSPS) is 13.3. The lowest BCUT2D eigenvalue weighted by Gasteiger charge is -2.10. The van der Waals surface area contributed by atoms with Crippen LogP contribution >= 0.6 is 11.6 Å². The lowest BCUT2D eigenvalue weighted by molar-refractivity contribution is -0.123. The van der Waals surface area contributed by atoms with E-state index in [2.05, 4.69) is 20.8 Å². The number of hydrogen-bond donors (Lipinski definition) is 2. The lowest BCUT2D eigenvalue weighted by atomic mass is 10.2. The Kier molecular flexibility index (Phi) is 5.72. The van der Waals surface area contributed by atoms with Gasteiger partial charge in [0.05, 0.1) is 0 Å². The first kappa shape index (κ1) is 18.2. The standard InChI is InChI=1S/C17H19ClN4O4/c1-10-8-12(18)4-5-13(10)25-9-14(23)19-6-7-20-16(24)17-21-15(22-26-17)11-2-3-11/h4-5,8,11H,2-3,6-7,9H2,1H3,(H,19,23)(H,20,24). The van der Waals surface area contributed by atoms with Crippen molar-refractivity contribution in [1.82, 2.24) is 20.8 Å². The summed E-state index contributed by atoms with van der Waals surface area (Å²) in [6, 6.07) is 5.17. The number of halogens is 1. The molecule has 2 amide bonds. The predicted octanol–water partition coefficient (Wildman–Crippen LogP) is 1.83. The zero-order valence-corrected chi connectivity index (χ0v) is 15.0. The molecule has 1 aliphatic rings. The molecule has 1 aliphatic carbocycles. The molecule has 1 saturated carbocycles. The van der Waals surface area contributed by atoms with Crippen LogP contribution in [0.5, 0.6) is 5.75 Å². The van der Waals surface area contributed by atoms with Gasteiger partial charge in [-0.1, -0.05) is 16.8 Å². The summed E-state index contributed by atoms with van der Waals surface area (Å²) in [6.07, 6.45) is 2.06. The first-order chi connectivity index (χ1) is 12.5. The molecule has 0 spiro atoms. The Balaban J connectivity index is 1.33. The van der Waals surface area contributed by atoms with Crippen LogP contribution < -0.4 is 15.4 Å². The van der Waals surface area contributed by atoms with Crippen LogP contribution in [0.3, 0.4) is 0 Å². The summed E-state index contributed by atoms with van der Waals surface area (Å²) >= 11 is 5.87. The molecular formula is C17H19ClN4O4. The molecule has 26 heavy (non-hydrogen) atoms. The zero-order valence-electron chi connectivity index (χ0n) is 14.3. The zero-order chi connectivity index (χ0) is 18.5. The Morgan fingerprint density at radius 3 is 2.81 bits per heavy atom. The molecule has 0 bridgehead atoms. The third-order valence-electron chi connectivity index (χ3n) is 3.81. The molecule has 1 fully saturated rings. The Morgan fingerprint density at radius 2 is 2.08 bits per heavy atom. The van der Waals surface area contributed by atoms with Crippen LogP contribution in [0.15, 0.2) is 22.7 Å². The van der Waals surface area contributed by atoms with E-state index in [-0.39, 0.29) is 31.5 Å². The van der Waals surface area contributed by atoms with Crippen LogP contribution in [0.2, 0.25) is 5.02 Å². The highest BCUT2D eigenvalue weighted by atomic mass is 35.5.